The zero-order valence-electron chi connectivity index (χ0n) is 12.2. The Morgan fingerprint density at radius 1 is 1.19 bits per heavy atom. The first-order valence-corrected chi connectivity index (χ1v) is 7.29. The number of aryl methyl sites for hydroxylation is 1. The predicted molar refractivity (Wildman–Crippen MR) is 83.8 cm³/mol. The van der Waals surface area contributed by atoms with E-state index in [9.17, 15) is 4.79 Å². The minimum atomic E-state index is 0.149. The van der Waals surface area contributed by atoms with E-state index in [0.29, 0.717) is 6.42 Å². The molecular weight excluding hydrogens is 262 g/mol. The average Bonchev–Trinajstić information content (AvgIpc) is 2.54. The summed E-state index contributed by atoms with van der Waals surface area (Å²) < 4.78 is 5.29. The fourth-order valence-electron chi connectivity index (χ4n) is 2.81. The lowest BCUT2D eigenvalue weighted by Crippen LogP contribution is -2.36. The van der Waals surface area contributed by atoms with Crippen LogP contribution >= 0.6 is 0 Å². The largest absolute Gasteiger partial charge is 0.497 e. The SMILES string of the molecule is COc1ccc2c(c1)N(C(=O)Cc1ccccc1)CCC2. The highest BCUT2D eigenvalue weighted by atomic mass is 16.5. The second kappa shape index (κ2) is 6.00. The number of hydrogen-bond donors (Lipinski definition) is 0. The molecule has 0 bridgehead atoms. The third-order valence-electron chi connectivity index (χ3n) is 3.91. The van der Waals surface area contributed by atoms with E-state index in [1.165, 1.54) is 5.56 Å². The molecule has 1 heterocycles. The third-order valence-corrected chi connectivity index (χ3v) is 3.91. The number of carbonyl (C=O) groups excluding carboxylic acids is 1. The van der Waals surface area contributed by atoms with Gasteiger partial charge in [-0.15, -0.1) is 0 Å². The van der Waals surface area contributed by atoms with Crippen molar-refractivity contribution >= 4 is 11.6 Å². The third kappa shape index (κ3) is 2.92. The molecular formula is C18H19NO2. The van der Waals surface area contributed by atoms with Crippen LogP contribution in [-0.2, 0) is 17.6 Å². The first kappa shape index (κ1) is 13.7. The number of fused-ring (bicyclic) bond motifs is 1. The Bertz CT molecular complexity index is 637. The van der Waals surface area contributed by atoms with Gasteiger partial charge in [-0.1, -0.05) is 36.4 Å². The highest BCUT2D eigenvalue weighted by Gasteiger charge is 2.23. The lowest BCUT2D eigenvalue weighted by Gasteiger charge is -2.30. The summed E-state index contributed by atoms with van der Waals surface area (Å²) in [4.78, 5) is 14.5. The van der Waals surface area contributed by atoms with E-state index < -0.39 is 0 Å². The van der Waals surface area contributed by atoms with Crippen molar-refractivity contribution in [2.75, 3.05) is 18.6 Å². The van der Waals surface area contributed by atoms with Gasteiger partial charge in [0.2, 0.25) is 5.91 Å². The topological polar surface area (TPSA) is 29.5 Å². The van der Waals surface area contributed by atoms with Crippen molar-refractivity contribution in [3.05, 3.63) is 59.7 Å². The number of carbonyl (C=O) groups is 1. The molecule has 21 heavy (non-hydrogen) atoms. The van der Waals surface area contributed by atoms with E-state index in [2.05, 4.69) is 6.07 Å². The fourth-order valence-corrected chi connectivity index (χ4v) is 2.81. The van der Waals surface area contributed by atoms with E-state index >= 15 is 0 Å². The van der Waals surface area contributed by atoms with E-state index in [-0.39, 0.29) is 5.91 Å². The van der Waals surface area contributed by atoms with Crippen LogP contribution in [0.2, 0.25) is 0 Å². The van der Waals surface area contributed by atoms with E-state index in [0.717, 1.165) is 36.4 Å². The van der Waals surface area contributed by atoms with Crippen molar-refractivity contribution < 1.29 is 9.53 Å². The summed E-state index contributed by atoms with van der Waals surface area (Å²) in [6.07, 6.45) is 2.48. The lowest BCUT2D eigenvalue weighted by molar-refractivity contribution is -0.118. The molecule has 1 aliphatic heterocycles. The van der Waals surface area contributed by atoms with Crippen molar-refractivity contribution in [3.63, 3.8) is 0 Å². The lowest BCUT2D eigenvalue weighted by atomic mass is 10.0. The molecule has 0 saturated carbocycles. The maximum Gasteiger partial charge on any atom is 0.231 e. The smallest absolute Gasteiger partial charge is 0.231 e. The van der Waals surface area contributed by atoms with Crippen molar-refractivity contribution in [2.45, 2.75) is 19.3 Å². The number of hydrogen-bond acceptors (Lipinski definition) is 2. The molecule has 0 unspecified atom stereocenters. The molecule has 3 heteroatoms. The molecule has 2 aromatic carbocycles. The molecule has 0 saturated heterocycles. The summed E-state index contributed by atoms with van der Waals surface area (Å²) >= 11 is 0. The van der Waals surface area contributed by atoms with Gasteiger partial charge in [0.15, 0.2) is 0 Å². The number of nitrogens with zero attached hydrogens (tertiary/aromatic N) is 1. The van der Waals surface area contributed by atoms with Crippen LogP contribution in [0.25, 0.3) is 0 Å². The summed E-state index contributed by atoms with van der Waals surface area (Å²) in [5, 5.41) is 0. The number of anilines is 1. The van der Waals surface area contributed by atoms with Gasteiger partial charge in [0.25, 0.3) is 0 Å². The van der Waals surface area contributed by atoms with Crippen LogP contribution in [0, 0.1) is 0 Å². The van der Waals surface area contributed by atoms with Gasteiger partial charge in [-0.05, 0) is 30.0 Å². The number of methoxy groups -OCH3 is 1. The van der Waals surface area contributed by atoms with Gasteiger partial charge in [0.05, 0.1) is 19.2 Å². The van der Waals surface area contributed by atoms with Gasteiger partial charge in [-0.2, -0.15) is 0 Å². The standard InChI is InChI=1S/C18H19NO2/c1-21-16-10-9-15-8-5-11-19(17(15)13-16)18(20)12-14-6-3-2-4-7-14/h2-4,6-7,9-10,13H,5,8,11-12H2,1H3. The summed E-state index contributed by atoms with van der Waals surface area (Å²) in [5.41, 5.74) is 3.28. The van der Waals surface area contributed by atoms with Gasteiger partial charge in [-0.25, -0.2) is 0 Å². The Morgan fingerprint density at radius 2 is 2.00 bits per heavy atom. The average molecular weight is 281 g/mol. The van der Waals surface area contributed by atoms with Crippen molar-refractivity contribution in [1.29, 1.82) is 0 Å². The summed E-state index contributed by atoms with van der Waals surface area (Å²) in [6, 6.07) is 15.9. The molecule has 0 fully saturated rings. The van der Waals surface area contributed by atoms with Crippen LogP contribution in [0.15, 0.2) is 48.5 Å². The van der Waals surface area contributed by atoms with Gasteiger partial charge < -0.3 is 9.64 Å². The molecule has 0 spiro atoms. The van der Waals surface area contributed by atoms with Crippen LogP contribution < -0.4 is 9.64 Å². The van der Waals surface area contributed by atoms with Crippen molar-refractivity contribution in [2.24, 2.45) is 0 Å². The Morgan fingerprint density at radius 3 is 2.76 bits per heavy atom. The fraction of sp³-hybridized carbons (Fsp3) is 0.278. The van der Waals surface area contributed by atoms with Gasteiger partial charge >= 0.3 is 0 Å². The Hall–Kier alpha value is -2.29. The maximum atomic E-state index is 12.6. The minimum absolute atomic E-state index is 0.149. The van der Waals surface area contributed by atoms with Crippen LogP contribution in [0.1, 0.15) is 17.5 Å². The Labute approximate surface area is 125 Å². The van der Waals surface area contributed by atoms with Crippen LogP contribution in [0.4, 0.5) is 5.69 Å². The van der Waals surface area contributed by atoms with E-state index in [4.69, 9.17) is 4.74 Å². The number of amides is 1. The summed E-state index contributed by atoms with van der Waals surface area (Å²) in [6.45, 7) is 0.784. The van der Waals surface area contributed by atoms with Gasteiger partial charge in [0.1, 0.15) is 5.75 Å². The predicted octanol–water partition coefficient (Wildman–Crippen LogP) is 3.22. The van der Waals surface area contributed by atoms with Gasteiger partial charge in [0, 0.05) is 12.6 Å². The van der Waals surface area contributed by atoms with Gasteiger partial charge in [-0.3, -0.25) is 4.79 Å². The monoisotopic (exact) mass is 281 g/mol. The normalized spacial score (nSPS) is 13.7. The Kier molecular flexibility index (Phi) is 3.91. The molecule has 1 aliphatic rings. The molecule has 3 rings (SSSR count). The first-order chi connectivity index (χ1) is 10.3. The van der Waals surface area contributed by atoms with Crippen LogP contribution in [0.3, 0.4) is 0 Å². The van der Waals surface area contributed by atoms with Crippen LogP contribution in [0.5, 0.6) is 5.75 Å². The minimum Gasteiger partial charge on any atom is -0.497 e. The van der Waals surface area contributed by atoms with E-state index in [1.807, 2.05) is 47.4 Å². The quantitative estimate of drug-likeness (QED) is 0.864. The highest BCUT2D eigenvalue weighted by Crippen LogP contribution is 2.31. The zero-order valence-corrected chi connectivity index (χ0v) is 12.2. The summed E-state index contributed by atoms with van der Waals surface area (Å²) in [5.74, 6) is 0.948. The Balaban J connectivity index is 1.85. The molecule has 0 N–H and O–H groups in total. The number of benzene rings is 2. The molecule has 2 aromatic rings. The molecule has 3 nitrogen and oxygen atoms in total. The summed E-state index contributed by atoms with van der Waals surface area (Å²) in [7, 11) is 1.65. The van der Waals surface area contributed by atoms with Crippen molar-refractivity contribution in [3.8, 4) is 5.75 Å². The molecule has 108 valence electrons. The van der Waals surface area contributed by atoms with Crippen LogP contribution in [-0.4, -0.2) is 19.6 Å². The van der Waals surface area contributed by atoms with Crippen molar-refractivity contribution in [1.82, 2.24) is 0 Å². The second-order valence-corrected chi connectivity index (χ2v) is 5.31. The molecule has 0 aliphatic carbocycles. The molecule has 0 aromatic heterocycles. The first-order valence-electron chi connectivity index (χ1n) is 7.29. The van der Waals surface area contributed by atoms with E-state index in [1.54, 1.807) is 7.11 Å². The molecule has 0 radical (unpaired) electrons. The number of rotatable bonds is 3. The second-order valence-electron chi connectivity index (χ2n) is 5.31. The molecule has 0 atom stereocenters. The number of ether oxygens (including phenoxy) is 1. The maximum absolute atomic E-state index is 12.6. The zero-order chi connectivity index (χ0) is 14.7. The molecule has 1 amide bonds. The highest BCUT2D eigenvalue weighted by molar-refractivity contribution is 5.96.